The molecule has 0 saturated carbocycles. The number of rotatable bonds is 1. The number of carbonyl (C=O) groups is 1. The number of benzene rings is 1. The highest BCUT2D eigenvalue weighted by atomic mass is 35.5. The van der Waals surface area contributed by atoms with Gasteiger partial charge < -0.3 is 10.1 Å². The van der Waals surface area contributed by atoms with Crippen LogP contribution >= 0.6 is 12.4 Å². The fourth-order valence-electron chi connectivity index (χ4n) is 1.81. The minimum Gasteiger partial charge on any atom is -0.458 e. The topological polar surface area (TPSA) is 38.3 Å². The van der Waals surface area contributed by atoms with E-state index in [2.05, 4.69) is 5.32 Å². The zero-order valence-electron chi connectivity index (χ0n) is 10.3. The summed E-state index contributed by atoms with van der Waals surface area (Å²) in [6.45, 7) is 5.65. The van der Waals surface area contributed by atoms with Crippen molar-refractivity contribution in [1.29, 1.82) is 0 Å². The lowest BCUT2D eigenvalue weighted by Crippen LogP contribution is -2.35. The highest BCUT2D eigenvalue weighted by Crippen LogP contribution is 2.26. The summed E-state index contributed by atoms with van der Waals surface area (Å²) in [4.78, 5) is 11.8. The largest absolute Gasteiger partial charge is 0.458 e. The van der Waals surface area contributed by atoms with Crippen LogP contribution in [0.3, 0.4) is 0 Å². The molecule has 1 N–H and O–H groups in total. The lowest BCUT2D eigenvalue weighted by molar-refractivity contribution is -0.155. The van der Waals surface area contributed by atoms with Gasteiger partial charge in [0.15, 0.2) is 0 Å². The second-order valence-corrected chi connectivity index (χ2v) is 5.09. The van der Waals surface area contributed by atoms with E-state index in [0.29, 0.717) is 6.42 Å². The van der Waals surface area contributed by atoms with Crippen LogP contribution in [-0.2, 0) is 16.0 Å². The summed E-state index contributed by atoms with van der Waals surface area (Å²) in [6.07, 6.45) is 0.713. The fraction of sp³-hybridized carbons (Fsp3) is 0.462. The molecule has 1 unspecified atom stereocenters. The predicted octanol–water partition coefficient (Wildman–Crippen LogP) is 2.79. The first-order chi connectivity index (χ1) is 7.46. The van der Waals surface area contributed by atoms with Crippen LogP contribution in [0.5, 0.6) is 0 Å². The quantitative estimate of drug-likeness (QED) is 0.785. The van der Waals surface area contributed by atoms with Gasteiger partial charge >= 0.3 is 5.97 Å². The lowest BCUT2D eigenvalue weighted by Gasteiger charge is -2.22. The second-order valence-electron chi connectivity index (χ2n) is 5.09. The molecule has 0 fully saturated rings. The SMILES string of the molecule is CC(C)(C)OC(=O)C1Cc2ccccc2N1.Cl. The third kappa shape index (κ3) is 3.37. The van der Waals surface area contributed by atoms with Crippen molar-refractivity contribution in [3.8, 4) is 0 Å². The second kappa shape index (κ2) is 4.96. The Balaban J connectivity index is 0.00000144. The summed E-state index contributed by atoms with van der Waals surface area (Å²) in [7, 11) is 0. The molecule has 0 amide bonds. The first-order valence-electron chi connectivity index (χ1n) is 5.53. The summed E-state index contributed by atoms with van der Waals surface area (Å²) in [5.74, 6) is -0.177. The number of ether oxygens (including phenoxy) is 1. The Labute approximate surface area is 108 Å². The number of hydrogen-bond acceptors (Lipinski definition) is 3. The molecule has 0 spiro atoms. The maximum atomic E-state index is 11.8. The molecule has 1 heterocycles. The molecule has 4 heteroatoms. The predicted molar refractivity (Wildman–Crippen MR) is 70.6 cm³/mol. The number of nitrogens with one attached hydrogen (secondary N) is 1. The van der Waals surface area contributed by atoms with E-state index in [-0.39, 0.29) is 24.4 Å². The molecule has 0 aliphatic carbocycles. The zero-order chi connectivity index (χ0) is 11.8. The Morgan fingerprint density at radius 3 is 2.59 bits per heavy atom. The van der Waals surface area contributed by atoms with E-state index in [4.69, 9.17) is 4.74 Å². The third-order valence-electron chi connectivity index (χ3n) is 2.46. The van der Waals surface area contributed by atoms with Crippen molar-refractivity contribution in [3.05, 3.63) is 29.8 Å². The standard InChI is InChI=1S/C13H17NO2.ClH/c1-13(2,3)16-12(15)11-8-9-6-4-5-7-10(9)14-11;/h4-7,11,14H,8H2,1-3H3;1H. The van der Waals surface area contributed by atoms with Crippen LogP contribution in [0, 0.1) is 0 Å². The van der Waals surface area contributed by atoms with Gasteiger partial charge in [-0.1, -0.05) is 18.2 Å². The van der Waals surface area contributed by atoms with Crippen molar-refractivity contribution in [3.63, 3.8) is 0 Å². The molecule has 17 heavy (non-hydrogen) atoms. The average molecular weight is 256 g/mol. The Morgan fingerprint density at radius 1 is 1.35 bits per heavy atom. The minimum absolute atomic E-state index is 0. The number of carbonyl (C=O) groups excluding carboxylic acids is 1. The van der Waals surface area contributed by atoms with Gasteiger partial charge in [0.2, 0.25) is 0 Å². The summed E-state index contributed by atoms with van der Waals surface area (Å²) >= 11 is 0. The number of anilines is 1. The van der Waals surface area contributed by atoms with Gasteiger partial charge in [-0.3, -0.25) is 0 Å². The van der Waals surface area contributed by atoms with Gasteiger partial charge in [-0.05, 0) is 32.4 Å². The van der Waals surface area contributed by atoms with Crippen LogP contribution in [0.15, 0.2) is 24.3 Å². The molecule has 1 aromatic carbocycles. The monoisotopic (exact) mass is 255 g/mol. The van der Waals surface area contributed by atoms with Crippen molar-refractivity contribution < 1.29 is 9.53 Å². The zero-order valence-corrected chi connectivity index (χ0v) is 11.1. The summed E-state index contributed by atoms with van der Waals surface area (Å²) in [6, 6.07) is 7.73. The Morgan fingerprint density at radius 2 is 2.00 bits per heavy atom. The molecule has 1 aromatic rings. The molecule has 0 radical (unpaired) electrons. The van der Waals surface area contributed by atoms with Crippen LogP contribution in [0.25, 0.3) is 0 Å². The van der Waals surface area contributed by atoms with E-state index < -0.39 is 5.60 Å². The summed E-state index contributed by atoms with van der Waals surface area (Å²) in [5.41, 5.74) is 1.80. The Bertz CT molecular complexity index is 387. The van der Waals surface area contributed by atoms with Gasteiger partial charge in [0.05, 0.1) is 0 Å². The van der Waals surface area contributed by atoms with Gasteiger partial charge in [0.1, 0.15) is 11.6 Å². The molecule has 0 bridgehead atoms. The first kappa shape index (κ1) is 13.8. The number of fused-ring (bicyclic) bond motifs is 1. The normalized spacial score (nSPS) is 17.7. The van der Waals surface area contributed by atoms with E-state index in [1.54, 1.807) is 0 Å². The van der Waals surface area contributed by atoms with Gasteiger partial charge in [-0.2, -0.15) is 0 Å². The summed E-state index contributed by atoms with van der Waals surface area (Å²) < 4.78 is 5.35. The molecule has 1 atom stereocenters. The maximum absolute atomic E-state index is 11.8. The molecule has 94 valence electrons. The minimum atomic E-state index is -0.423. The van der Waals surface area contributed by atoms with Gasteiger partial charge in [0.25, 0.3) is 0 Å². The van der Waals surface area contributed by atoms with Crippen molar-refractivity contribution in [1.82, 2.24) is 0 Å². The lowest BCUT2D eigenvalue weighted by atomic mass is 10.1. The molecule has 0 saturated heterocycles. The van der Waals surface area contributed by atoms with Crippen molar-refractivity contribution in [2.24, 2.45) is 0 Å². The molecule has 1 aliphatic heterocycles. The van der Waals surface area contributed by atoms with Gasteiger partial charge in [-0.15, -0.1) is 12.4 Å². The Kier molecular flexibility index (Phi) is 4.04. The summed E-state index contributed by atoms with van der Waals surface area (Å²) in [5, 5.41) is 3.18. The van der Waals surface area contributed by atoms with E-state index >= 15 is 0 Å². The van der Waals surface area contributed by atoms with Crippen LogP contribution in [0.1, 0.15) is 26.3 Å². The molecule has 1 aliphatic rings. The molecule has 3 nitrogen and oxygen atoms in total. The number of esters is 1. The highest BCUT2D eigenvalue weighted by molar-refractivity contribution is 5.85. The van der Waals surface area contributed by atoms with E-state index in [9.17, 15) is 4.79 Å². The maximum Gasteiger partial charge on any atom is 0.329 e. The fourth-order valence-corrected chi connectivity index (χ4v) is 1.81. The van der Waals surface area contributed by atoms with Gasteiger partial charge in [0, 0.05) is 12.1 Å². The number of hydrogen-bond donors (Lipinski definition) is 1. The number of para-hydroxylation sites is 1. The van der Waals surface area contributed by atoms with Crippen LogP contribution < -0.4 is 5.32 Å². The van der Waals surface area contributed by atoms with Gasteiger partial charge in [-0.25, -0.2) is 4.79 Å². The Hall–Kier alpha value is -1.22. The average Bonchev–Trinajstić information content (AvgIpc) is 2.58. The number of halogens is 1. The van der Waals surface area contributed by atoms with Crippen LogP contribution in [-0.4, -0.2) is 17.6 Å². The molecular formula is C13H18ClNO2. The van der Waals surface area contributed by atoms with Crippen LogP contribution in [0.4, 0.5) is 5.69 Å². The van der Waals surface area contributed by atoms with Crippen molar-refractivity contribution in [2.45, 2.75) is 38.8 Å². The van der Waals surface area contributed by atoms with Crippen LogP contribution in [0.2, 0.25) is 0 Å². The van der Waals surface area contributed by atoms with Crippen molar-refractivity contribution in [2.75, 3.05) is 5.32 Å². The molecule has 2 rings (SSSR count). The third-order valence-corrected chi connectivity index (χ3v) is 2.46. The van der Waals surface area contributed by atoms with Crippen molar-refractivity contribution >= 4 is 24.1 Å². The van der Waals surface area contributed by atoms with E-state index in [1.165, 1.54) is 5.56 Å². The molecular weight excluding hydrogens is 238 g/mol. The van der Waals surface area contributed by atoms with E-state index in [1.807, 2.05) is 45.0 Å². The highest BCUT2D eigenvalue weighted by Gasteiger charge is 2.30. The smallest absolute Gasteiger partial charge is 0.329 e. The first-order valence-corrected chi connectivity index (χ1v) is 5.53. The van der Waals surface area contributed by atoms with E-state index in [0.717, 1.165) is 5.69 Å². The molecule has 0 aromatic heterocycles.